The molecule has 1 fully saturated rings. The summed E-state index contributed by atoms with van der Waals surface area (Å²) in [6, 6.07) is 8.35. The predicted octanol–water partition coefficient (Wildman–Crippen LogP) is 1.64. The molecule has 0 radical (unpaired) electrons. The molecule has 1 amide bonds. The smallest absolute Gasteiger partial charge is 0.274 e. The number of carbonyl (C=O) groups is 1. The van der Waals surface area contributed by atoms with Gasteiger partial charge in [-0.2, -0.15) is 0 Å². The summed E-state index contributed by atoms with van der Waals surface area (Å²) in [4.78, 5) is 23.6. The first-order valence-electron chi connectivity index (χ1n) is 10.1. The molecule has 2 aromatic heterocycles. The van der Waals surface area contributed by atoms with Crippen molar-refractivity contribution < 1.29 is 9.90 Å². The summed E-state index contributed by atoms with van der Waals surface area (Å²) in [6.45, 7) is 5.55. The number of benzene rings is 1. The van der Waals surface area contributed by atoms with Gasteiger partial charge in [-0.15, -0.1) is 0 Å². The van der Waals surface area contributed by atoms with Crippen molar-refractivity contribution in [2.45, 2.75) is 44.9 Å². The Kier molecular flexibility index (Phi) is 4.18. The predicted molar refractivity (Wildman–Crippen MR) is 109 cm³/mol. The molecule has 2 aliphatic heterocycles. The lowest BCUT2D eigenvalue weighted by Crippen LogP contribution is -2.65. The van der Waals surface area contributed by atoms with Gasteiger partial charge in [0.15, 0.2) is 0 Å². The number of nitrogens with zero attached hydrogens (tertiary/aromatic N) is 4. The van der Waals surface area contributed by atoms with Gasteiger partial charge in [0, 0.05) is 37.7 Å². The molecule has 0 saturated carbocycles. The molecule has 2 N–H and O–H groups in total. The third-order valence-electron chi connectivity index (χ3n) is 6.50. The molecule has 29 heavy (non-hydrogen) atoms. The molecule has 1 spiro atoms. The van der Waals surface area contributed by atoms with E-state index in [1.807, 2.05) is 32.2 Å². The van der Waals surface area contributed by atoms with Crippen LogP contribution in [0.3, 0.4) is 0 Å². The number of imidazole rings is 1. The lowest BCUT2D eigenvalue weighted by Gasteiger charge is -2.48. The van der Waals surface area contributed by atoms with E-state index in [-0.39, 0.29) is 11.4 Å². The van der Waals surface area contributed by atoms with Crippen LogP contribution in [-0.2, 0) is 13.0 Å². The number of aliphatic hydroxyl groups excluding tert-OH is 1. The zero-order valence-corrected chi connectivity index (χ0v) is 16.7. The van der Waals surface area contributed by atoms with E-state index in [1.165, 1.54) is 11.1 Å². The van der Waals surface area contributed by atoms with Crippen LogP contribution in [0.5, 0.6) is 0 Å². The second kappa shape index (κ2) is 6.64. The fourth-order valence-corrected chi connectivity index (χ4v) is 4.52. The Morgan fingerprint density at radius 1 is 1.21 bits per heavy atom. The van der Waals surface area contributed by atoms with Crippen molar-refractivity contribution >= 4 is 11.7 Å². The van der Waals surface area contributed by atoms with Gasteiger partial charge in [0.25, 0.3) is 5.91 Å². The number of likely N-dealkylation sites (tertiary alicyclic amines) is 1. The van der Waals surface area contributed by atoms with Crippen molar-refractivity contribution in [3.8, 4) is 0 Å². The molecule has 5 rings (SSSR count). The standard InChI is InChI=1S/C22H25N5O2/c1-14-11-27-12-18(25-21(27)24-15(14)2)20(29)26-8-7-22(19(28)13-26)9-16-5-3-4-6-17(16)10-23-22/h3-6,11-12,19,23,28H,7-10,13H2,1-2H3/t19-,22+/m1/s1. The van der Waals surface area contributed by atoms with Crippen molar-refractivity contribution in [3.63, 3.8) is 0 Å². The molecule has 0 aliphatic carbocycles. The van der Waals surface area contributed by atoms with Crippen LogP contribution in [0.25, 0.3) is 5.78 Å². The number of hydrogen-bond acceptors (Lipinski definition) is 5. The first-order valence-corrected chi connectivity index (χ1v) is 10.1. The summed E-state index contributed by atoms with van der Waals surface area (Å²) in [7, 11) is 0. The quantitative estimate of drug-likeness (QED) is 0.659. The van der Waals surface area contributed by atoms with Crippen LogP contribution in [0.15, 0.2) is 36.7 Å². The number of nitrogens with one attached hydrogen (secondary N) is 1. The molecule has 1 aromatic carbocycles. The third-order valence-corrected chi connectivity index (χ3v) is 6.50. The number of aromatic nitrogens is 3. The first kappa shape index (κ1) is 18.3. The largest absolute Gasteiger partial charge is 0.389 e. The zero-order valence-electron chi connectivity index (χ0n) is 16.7. The van der Waals surface area contributed by atoms with Crippen LogP contribution in [0.2, 0.25) is 0 Å². The number of β-amino-alcohol motifs (C(OH)–C–C–N with tert-alkyl or cyclic N) is 1. The molecule has 4 heterocycles. The number of carbonyl (C=O) groups excluding carboxylic acids is 1. The molecular weight excluding hydrogens is 366 g/mol. The van der Waals surface area contributed by atoms with Crippen LogP contribution in [0, 0.1) is 13.8 Å². The number of aliphatic hydroxyl groups is 1. The van der Waals surface area contributed by atoms with Gasteiger partial charge in [-0.25, -0.2) is 9.97 Å². The Morgan fingerprint density at radius 2 is 2.00 bits per heavy atom. The van der Waals surface area contributed by atoms with Crippen molar-refractivity contribution in [1.29, 1.82) is 0 Å². The minimum absolute atomic E-state index is 0.157. The van der Waals surface area contributed by atoms with E-state index < -0.39 is 6.10 Å². The van der Waals surface area contributed by atoms with E-state index in [0.29, 0.717) is 31.0 Å². The molecule has 7 heteroatoms. The maximum Gasteiger partial charge on any atom is 0.274 e. The number of aryl methyl sites for hydroxylation is 2. The minimum atomic E-state index is -0.631. The van der Waals surface area contributed by atoms with Crippen molar-refractivity contribution in [2.75, 3.05) is 13.1 Å². The summed E-state index contributed by atoms with van der Waals surface area (Å²) in [5.41, 5.74) is 4.51. The van der Waals surface area contributed by atoms with Crippen molar-refractivity contribution in [2.24, 2.45) is 0 Å². The van der Waals surface area contributed by atoms with Gasteiger partial charge in [0.05, 0.1) is 11.6 Å². The van der Waals surface area contributed by atoms with Crippen molar-refractivity contribution in [3.05, 3.63) is 64.7 Å². The second-order valence-corrected chi connectivity index (χ2v) is 8.31. The maximum absolute atomic E-state index is 13.0. The number of rotatable bonds is 1. The number of piperidine rings is 1. The van der Waals surface area contributed by atoms with E-state index in [1.54, 1.807) is 15.5 Å². The van der Waals surface area contributed by atoms with Crippen LogP contribution in [-0.4, -0.2) is 55.0 Å². The second-order valence-electron chi connectivity index (χ2n) is 8.31. The molecule has 3 aromatic rings. The van der Waals surface area contributed by atoms with E-state index in [2.05, 4.69) is 27.4 Å². The van der Waals surface area contributed by atoms with Gasteiger partial charge in [-0.3, -0.25) is 9.20 Å². The van der Waals surface area contributed by atoms with E-state index in [9.17, 15) is 9.90 Å². The van der Waals surface area contributed by atoms with Crippen molar-refractivity contribution in [1.82, 2.24) is 24.6 Å². The highest BCUT2D eigenvalue weighted by molar-refractivity contribution is 5.93. The molecular formula is C22H25N5O2. The highest BCUT2D eigenvalue weighted by Crippen LogP contribution is 2.32. The third kappa shape index (κ3) is 3.01. The first-order chi connectivity index (χ1) is 13.9. The summed E-state index contributed by atoms with van der Waals surface area (Å²) in [5, 5.41) is 14.6. The van der Waals surface area contributed by atoms with Crippen LogP contribution in [0.1, 0.15) is 39.3 Å². The molecule has 150 valence electrons. The van der Waals surface area contributed by atoms with Crippen LogP contribution < -0.4 is 5.32 Å². The fourth-order valence-electron chi connectivity index (χ4n) is 4.52. The van der Waals surface area contributed by atoms with E-state index in [0.717, 1.165) is 24.2 Å². The average Bonchev–Trinajstić information content (AvgIpc) is 3.12. The van der Waals surface area contributed by atoms with Gasteiger partial charge in [0.2, 0.25) is 5.78 Å². The Morgan fingerprint density at radius 3 is 2.79 bits per heavy atom. The zero-order chi connectivity index (χ0) is 20.2. The minimum Gasteiger partial charge on any atom is -0.389 e. The Bertz CT molecular complexity index is 1070. The number of amides is 1. The van der Waals surface area contributed by atoms with Gasteiger partial charge in [0.1, 0.15) is 5.69 Å². The lowest BCUT2D eigenvalue weighted by atomic mass is 9.76. The molecule has 2 aliphatic rings. The fraction of sp³-hybridized carbons (Fsp3) is 0.409. The Balaban J connectivity index is 1.35. The highest BCUT2D eigenvalue weighted by atomic mass is 16.3. The maximum atomic E-state index is 13.0. The topological polar surface area (TPSA) is 82.8 Å². The van der Waals surface area contributed by atoms with Crippen LogP contribution >= 0.6 is 0 Å². The van der Waals surface area contributed by atoms with Gasteiger partial charge < -0.3 is 15.3 Å². The van der Waals surface area contributed by atoms with Gasteiger partial charge in [-0.1, -0.05) is 24.3 Å². The van der Waals surface area contributed by atoms with Crippen LogP contribution in [0.4, 0.5) is 0 Å². The molecule has 0 bridgehead atoms. The monoisotopic (exact) mass is 391 g/mol. The SMILES string of the molecule is Cc1cn2cc(C(=O)N3CC[C@]4(Cc5ccccc5CN4)[C@H](O)C3)nc2nc1C. The normalized spacial score (nSPS) is 24.1. The summed E-state index contributed by atoms with van der Waals surface area (Å²) in [6.07, 6.45) is 4.52. The summed E-state index contributed by atoms with van der Waals surface area (Å²) in [5.74, 6) is 0.368. The molecule has 2 atom stereocenters. The molecule has 1 saturated heterocycles. The Hall–Kier alpha value is -2.77. The molecule has 7 nitrogen and oxygen atoms in total. The number of fused-ring (bicyclic) bond motifs is 2. The average molecular weight is 391 g/mol. The van der Waals surface area contributed by atoms with Gasteiger partial charge in [-0.05, 0) is 43.4 Å². The number of hydrogen-bond donors (Lipinski definition) is 2. The molecule has 0 unspecified atom stereocenters. The van der Waals surface area contributed by atoms with E-state index in [4.69, 9.17) is 0 Å². The van der Waals surface area contributed by atoms with E-state index >= 15 is 0 Å². The van der Waals surface area contributed by atoms with Gasteiger partial charge >= 0.3 is 0 Å². The summed E-state index contributed by atoms with van der Waals surface area (Å²) >= 11 is 0. The summed E-state index contributed by atoms with van der Waals surface area (Å²) < 4.78 is 1.79. The lowest BCUT2D eigenvalue weighted by molar-refractivity contribution is -0.0140. The highest BCUT2D eigenvalue weighted by Gasteiger charge is 2.45. The Labute approximate surface area is 169 Å².